The van der Waals surface area contributed by atoms with Crippen molar-refractivity contribution in [2.75, 3.05) is 31.1 Å². The van der Waals surface area contributed by atoms with Gasteiger partial charge in [0.05, 0.1) is 11.9 Å². The van der Waals surface area contributed by atoms with Crippen LogP contribution in [0, 0.1) is 12.8 Å². The standard InChI is InChI=1S/C16H25N3O/c1-4-13(2)12-18-8-7-16(20)19(10-9-18)15-6-5-14(3)17-11-15/h5-6,11,13H,4,7-10,12H2,1-3H3. The Morgan fingerprint density at radius 2 is 2.10 bits per heavy atom. The first-order valence-corrected chi connectivity index (χ1v) is 7.55. The van der Waals surface area contributed by atoms with E-state index in [0.717, 1.165) is 37.6 Å². The Hall–Kier alpha value is -1.42. The highest BCUT2D eigenvalue weighted by Crippen LogP contribution is 2.17. The number of rotatable bonds is 4. The Morgan fingerprint density at radius 3 is 2.75 bits per heavy atom. The lowest BCUT2D eigenvalue weighted by atomic mass is 10.1. The zero-order valence-electron chi connectivity index (χ0n) is 12.8. The summed E-state index contributed by atoms with van der Waals surface area (Å²) in [4.78, 5) is 20.9. The van der Waals surface area contributed by atoms with Crippen LogP contribution >= 0.6 is 0 Å². The van der Waals surface area contributed by atoms with Gasteiger partial charge in [0.25, 0.3) is 0 Å². The third-order valence-electron chi connectivity index (χ3n) is 4.06. The van der Waals surface area contributed by atoms with E-state index in [4.69, 9.17) is 0 Å². The summed E-state index contributed by atoms with van der Waals surface area (Å²) in [6.45, 7) is 10.1. The monoisotopic (exact) mass is 275 g/mol. The van der Waals surface area contributed by atoms with Gasteiger partial charge in [0, 0.05) is 38.3 Å². The zero-order chi connectivity index (χ0) is 14.5. The predicted molar refractivity (Wildman–Crippen MR) is 81.8 cm³/mol. The fraction of sp³-hybridized carbons (Fsp3) is 0.625. The van der Waals surface area contributed by atoms with Crippen LogP contribution in [0.2, 0.25) is 0 Å². The van der Waals surface area contributed by atoms with Gasteiger partial charge < -0.3 is 9.80 Å². The summed E-state index contributed by atoms with van der Waals surface area (Å²) in [5.41, 5.74) is 1.90. The first-order valence-electron chi connectivity index (χ1n) is 7.55. The Balaban J connectivity index is 2.02. The molecule has 1 aromatic rings. The van der Waals surface area contributed by atoms with Gasteiger partial charge in [-0.2, -0.15) is 0 Å². The van der Waals surface area contributed by atoms with Crippen LogP contribution in [0.5, 0.6) is 0 Å². The van der Waals surface area contributed by atoms with E-state index in [1.165, 1.54) is 6.42 Å². The molecule has 1 aliphatic rings. The summed E-state index contributed by atoms with van der Waals surface area (Å²) >= 11 is 0. The first kappa shape index (κ1) is 15.0. The van der Waals surface area contributed by atoms with Crippen LogP contribution in [0.3, 0.4) is 0 Å². The number of hydrogen-bond donors (Lipinski definition) is 0. The number of pyridine rings is 1. The van der Waals surface area contributed by atoms with Gasteiger partial charge in [-0.1, -0.05) is 20.3 Å². The van der Waals surface area contributed by atoms with Crippen LogP contribution in [-0.4, -0.2) is 42.0 Å². The molecule has 1 saturated heterocycles. The summed E-state index contributed by atoms with van der Waals surface area (Å²) in [6.07, 6.45) is 3.60. The molecular formula is C16H25N3O. The number of aryl methyl sites for hydroxylation is 1. The first-order chi connectivity index (χ1) is 9.60. The molecule has 4 nitrogen and oxygen atoms in total. The number of hydrogen-bond acceptors (Lipinski definition) is 3. The number of carbonyl (C=O) groups is 1. The summed E-state index contributed by atoms with van der Waals surface area (Å²) < 4.78 is 0. The van der Waals surface area contributed by atoms with Crippen molar-refractivity contribution in [2.45, 2.75) is 33.6 Å². The van der Waals surface area contributed by atoms with Crippen LogP contribution < -0.4 is 4.90 Å². The minimum atomic E-state index is 0.210. The van der Waals surface area contributed by atoms with Crippen LogP contribution in [0.4, 0.5) is 5.69 Å². The van der Waals surface area contributed by atoms with Crippen molar-refractivity contribution in [1.82, 2.24) is 9.88 Å². The third-order valence-corrected chi connectivity index (χ3v) is 4.06. The van der Waals surface area contributed by atoms with E-state index in [1.54, 1.807) is 6.20 Å². The SMILES string of the molecule is CCC(C)CN1CCC(=O)N(c2ccc(C)nc2)CC1. The highest BCUT2D eigenvalue weighted by atomic mass is 16.2. The number of nitrogens with zero attached hydrogens (tertiary/aromatic N) is 3. The van der Waals surface area contributed by atoms with Crippen LogP contribution in [0.25, 0.3) is 0 Å². The van der Waals surface area contributed by atoms with Gasteiger partial charge in [-0.15, -0.1) is 0 Å². The summed E-state index contributed by atoms with van der Waals surface area (Å²) in [6, 6.07) is 3.95. The van der Waals surface area contributed by atoms with Crippen molar-refractivity contribution in [2.24, 2.45) is 5.92 Å². The topological polar surface area (TPSA) is 36.4 Å². The molecule has 0 N–H and O–H groups in total. The predicted octanol–water partition coefficient (Wildman–Crippen LogP) is 2.47. The second-order valence-electron chi connectivity index (χ2n) is 5.77. The van der Waals surface area contributed by atoms with E-state index < -0.39 is 0 Å². The van der Waals surface area contributed by atoms with Crippen molar-refractivity contribution < 1.29 is 4.79 Å². The van der Waals surface area contributed by atoms with Crippen LogP contribution in [0.1, 0.15) is 32.4 Å². The van der Waals surface area contributed by atoms with Gasteiger partial charge in [0.1, 0.15) is 0 Å². The molecule has 20 heavy (non-hydrogen) atoms. The normalized spacial score (nSPS) is 18.9. The fourth-order valence-electron chi connectivity index (χ4n) is 2.51. The van der Waals surface area contributed by atoms with E-state index in [0.29, 0.717) is 12.3 Å². The Labute approximate surface area is 121 Å². The van der Waals surface area contributed by atoms with Crippen LogP contribution in [-0.2, 0) is 4.79 Å². The fourth-order valence-corrected chi connectivity index (χ4v) is 2.51. The van der Waals surface area contributed by atoms with E-state index in [2.05, 4.69) is 23.7 Å². The van der Waals surface area contributed by atoms with Crippen molar-refractivity contribution in [3.63, 3.8) is 0 Å². The smallest absolute Gasteiger partial charge is 0.228 e. The number of aromatic nitrogens is 1. The van der Waals surface area contributed by atoms with E-state index in [-0.39, 0.29) is 5.91 Å². The molecule has 1 aliphatic heterocycles. The minimum absolute atomic E-state index is 0.210. The van der Waals surface area contributed by atoms with Gasteiger partial charge in [-0.3, -0.25) is 9.78 Å². The van der Waals surface area contributed by atoms with Gasteiger partial charge in [-0.25, -0.2) is 0 Å². The molecule has 2 heterocycles. The molecule has 0 aliphatic carbocycles. The van der Waals surface area contributed by atoms with Crippen molar-refractivity contribution in [3.05, 3.63) is 24.0 Å². The second kappa shape index (κ2) is 6.84. The van der Waals surface area contributed by atoms with Gasteiger partial charge in [-0.05, 0) is 25.0 Å². The lowest BCUT2D eigenvalue weighted by Gasteiger charge is -2.24. The largest absolute Gasteiger partial charge is 0.310 e. The average molecular weight is 275 g/mol. The molecule has 1 atom stereocenters. The Bertz CT molecular complexity index is 444. The molecule has 0 aromatic carbocycles. The molecule has 2 rings (SSSR count). The maximum Gasteiger partial charge on any atom is 0.228 e. The minimum Gasteiger partial charge on any atom is -0.310 e. The highest BCUT2D eigenvalue weighted by Gasteiger charge is 2.22. The van der Waals surface area contributed by atoms with E-state index in [9.17, 15) is 4.79 Å². The quantitative estimate of drug-likeness (QED) is 0.847. The maximum atomic E-state index is 12.3. The van der Waals surface area contributed by atoms with Gasteiger partial charge in [0.2, 0.25) is 5.91 Å². The molecule has 1 amide bonds. The van der Waals surface area contributed by atoms with Crippen molar-refractivity contribution in [1.29, 1.82) is 0 Å². The molecule has 110 valence electrons. The highest BCUT2D eigenvalue weighted by molar-refractivity contribution is 5.93. The summed E-state index contributed by atoms with van der Waals surface area (Å²) in [7, 11) is 0. The van der Waals surface area contributed by atoms with Crippen molar-refractivity contribution in [3.8, 4) is 0 Å². The third kappa shape index (κ3) is 3.79. The average Bonchev–Trinajstić information content (AvgIpc) is 2.62. The number of anilines is 1. The summed E-state index contributed by atoms with van der Waals surface area (Å²) in [5.74, 6) is 0.903. The molecule has 0 radical (unpaired) electrons. The molecule has 1 fully saturated rings. The zero-order valence-corrected chi connectivity index (χ0v) is 12.8. The number of amides is 1. The number of carbonyl (C=O) groups excluding carboxylic acids is 1. The molecule has 0 spiro atoms. The molecule has 0 saturated carbocycles. The lowest BCUT2D eigenvalue weighted by Crippen LogP contribution is -2.34. The van der Waals surface area contributed by atoms with Crippen LogP contribution in [0.15, 0.2) is 18.3 Å². The Morgan fingerprint density at radius 1 is 1.30 bits per heavy atom. The second-order valence-corrected chi connectivity index (χ2v) is 5.77. The maximum absolute atomic E-state index is 12.3. The summed E-state index contributed by atoms with van der Waals surface area (Å²) in [5, 5.41) is 0. The Kier molecular flexibility index (Phi) is 5.12. The molecule has 1 unspecified atom stereocenters. The van der Waals surface area contributed by atoms with Gasteiger partial charge in [0.15, 0.2) is 0 Å². The molecule has 0 bridgehead atoms. The molecular weight excluding hydrogens is 250 g/mol. The van der Waals surface area contributed by atoms with Gasteiger partial charge >= 0.3 is 0 Å². The lowest BCUT2D eigenvalue weighted by molar-refractivity contribution is -0.118. The molecule has 4 heteroatoms. The van der Waals surface area contributed by atoms with E-state index in [1.807, 2.05) is 24.0 Å². The molecule has 1 aromatic heterocycles. The van der Waals surface area contributed by atoms with Crippen molar-refractivity contribution >= 4 is 11.6 Å². The van der Waals surface area contributed by atoms with E-state index >= 15 is 0 Å².